The maximum atomic E-state index is 4.84. The molecule has 0 fully saturated rings. The van der Waals surface area contributed by atoms with Crippen LogP contribution in [0.25, 0.3) is 88.0 Å². The molecule has 5 aromatic heterocycles. The molecule has 0 aliphatic heterocycles. The number of aromatic nitrogens is 5. The van der Waals surface area contributed by atoms with Gasteiger partial charge in [0.25, 0.3) is 0 Å². The second-order valence-electron chi connectivity index (χ2n) is 11.7. The lowest BCUT2D eigenvalue weighted by atomic mass is 9.96. The second-order valence-corrected chi connectivity index (χ2v) is 11.7. The summed E-state index contributed by atoms with van der Waals surface area (Å²) in [6.45, 7) is 0. The molecule has 0 N–H and O–H groups in total. The maximum Gasteiger partial charge on any atom is 0.145 e. The van der Waals surface area contributed by atoms with Crippen LogP contribution >= 0.6 is 0 Å². The lowest BCUT2D eigenvalue weighted by Crippen LogP contribution is -1.97. The topological polar surface area (TPSA) is 48.5 Å². The van der Waals surface area contributed by atoms with Gasteiger partial charge >= 0.3 is 0 Å². The highest BCUT2D eigenvalue weighted by Crippen LogP contribution is 2.40. The van der Waals surface area contributed by atoms with Gasteiger partial charge in [-0.15, -0.1) is 0 Å². The van der Waals surface area contributed by atoms with Gasteiger partial charge in [0.2, 0.25) is 0 Å². The van der Waals surface area contributed by atoms with Crippen LogP contribution in [0.5, 0.6) is 0 Å². The van der Waals surface area contributed by atoms with Gasteiger partial charge in [0.05, 0.1) is 27.6 Å². The van der Waals surface area contributed by atoms with Gasteiger partial charge in [-0.25, -0.2) is 4.98 Å². The minimum absolute atomic E-state index is 0.923. The Morgan fingerprint density at radius 1 is 0.391 bits per heavy atom. The number of pyridine rings is 3. The predicted molar refractivity (Wildman–Crippen MR) is 189 cm³/mol. The van der Waals surface area contributed by atoms with E-state index in [4.69, 9.17) is 9.97 Å². The number of nitrogens with zero attached hydrogens (tertiary/aromatic N) is 5. The van der Waals surface area contributed by atoms with Gasteiger partial charge in [0.1, 0.15) is 5.65 Å². The van der Waals surface area contributed by atoms with Crippen molar-refractivity contribution in [3.63, 3.8) is 0 Å². The smallest absolute Gasteiger partial charge is 0.145 e. The van der Waals surface area contributed by atoms with E-state index in [1.807, 2.05) is 36.8 Å². The summed E-state index contributed by atoms with van der Waals surface area (Å²) in [5, 5.41) is 6.93. The standard InChI is InChI=1S/C41H25N5/c1-2-10-28(11-3-1)45-37-19-16-26(34-24-27-9-6-20-42-39(27)40-32(34)13-7-21-43-40)23-35(37)31-18-17-29(25-38(31)45)46-36-15-5-4-12-30(36)33-14-8-22-44-41(33)46/h1-25H. The van der Waals surface area contributed by atoms with Crippen molar-refractivity contribution in [3.8, 4) is 22.5 Å². The summed E-state index contributed by atoms with van der Waals surface area (Å²) in [5.74, 6) is 0. The van der Waals surface area contributed by atoms with Crippen molar-refractivity contribution in [3.05, 3.63) is 152 Å². The quantitative estimate of drug-likeness (QED) is 0.193. The fourth-order valence-corrected chi connectivity index (χ4v) is 7.24. The Labute approximate surface area is 263 Å². The average molecular weight is 588 g/mol. The third-order valence-electron chi connectivity index (χ3n) is 9.23. The van der Waals surface area contributed by atoms with Crippen LogP contribution in [-0.2, 0) is 0 Å². The molecule has 0 aliphatic rings. The Morgan fingerprint density at radius 2 is 1.11 bits per heavy atom. The zero-order chi connectivity index (χ0) is 30.2. The summed E-state index contributed by atoms with van der Waals surface area (Å²) in [6, 6.07) is 47.5. The first kappa shape index (κ1) is 25.0. The first-order valence-corrected chi connectivity index (χ1v) is 15.4. The summed E-state index contributed by atoms with van der Waals surface area (Å²) < 4.78 is 4.66. The normalized spacial score (nSPS) is 11.9. The molecule has 5 heterocycles. The summed E-state index contributed by atoms with van der Waals surface area (Å²) in [4.78, 5) is 14.3. The van der Waals surface area contributed by atoms with E-state index in [1.54, 1.807) is 0 Å². The minimum Gasteiger partial charge on any atom is -0.309 e. The van der Waals surface area contributed by atoms with Crippen LogP contribution in [0.2, 0.25) is 0 Å². The Kier molecular flexibility index (Phi) is 5.22. The number of fused-ring (bicyclic) bond motifs is 9. The molecule has 0 saturated carbocycles. The molecule has 10 aromatic rings. The van der Waals surface area contributed by atoms with Crippen molar-refractivity contribution in [2.75, 3.05) is 0 Å². The summed E-state index contributed by atoms with van der Waals surface area (Å²) in [6.07, 6.45) is 5.56. The number of hydrogen-bond acceptors (Lipinski definition) is 3. The van der Waals surface area contributed by atoms with Crippen molar-refractivity contribution in [1.29, 1.82) is 0 Å². The van der Waals surface area contributed by atoms with E-state index in [9.17, 15) is 0 Å². The Morgan fingerprint density at radius 3 is 2.02 bits per heavy atom. The molecule has 0 spiro atoms. The molecule has 46 heavy (non-hydrogen) atoms. The van der Waals surface area contributed by atoms with E-state index in [0.717, 1.165) is 71.9 Å². The lowest BCUT2D eigenvalue weighted by Gasteiger charge is -2.11. The predicted octanol–water partition coefficient (Wildman–Crippen LogP) is 10.0. The van der Waals surface area contributed by atoms with E-state index in [-0.39, 0.29) is 0 Å². The Bertz CT molecular complexity index is 2750. The molecular formula is C41H25N5. The molecule has 0 aliphatic carbocycles. The van der Waals surface area contributed by atoms with Gasteiger partial charge in [-0.1, -0.05) is 60.7 Å². The number of para-hydroxylation sites is 2. The molecule has 0 bridgehead atoms. The van der Waals surface area contributed by atoms with Crippen molar-refractivity contribution in [2.24, 2.45) is 0 Å². The van der Waals surface area contributed by atoms with Crippen molar-refractivity contribution in [1.82, 2.24) is 24.1 Å². The number of benzene rings is 5. The first-order valence-electron chi connectivity index (χ1n) is 15.4. The maximum absolute atomic E-state index is 4.84. The largest absolute Gasteiger partial charge is 0.309 e. The highest BCUT2D eigenvalue weighted by atomic mass is 15.1. The Hall–Kier alpha value is -6.33. The molecule has 5 nitrogen and oxygen atoms in total. The van der Waals surface area contributed by atoms with Crippen molar-refractivity contribution < 1.29 is 0 Å². The van der Waals surface area contributed by atoms with E-state index in [1.165, 1.54) is 16.2 Å². The van der Waals surface area contributed by atoms with Gasteiger partial charge in [-0.3, -0.25) is 14.5 Å². The highest BCUT2D eigenvalue weighted by molar-refractivity contribution is 6.14. The van der Waals surface area contributed by atoms with Crippen LogP contribution in [0.3, 0.4) is 0 Å². The molecule has 0 atom stereocenters. The minimum atomic E-state index is 0.923. The third-order valence-corrected chi connectivity index (χ3v) is 9.23. The highest BCUT2D eigenvalue weighted by Gasteiger charge is 2.18. The molecule has 5 heteroatoms. The summed E-state index contributed by atoms with van der Waals surface area (Å²) in [5.41, 5.74) is 10.8. The number of rotatable bonds is 3. The van der Waals surface area contributed by atoms with Crippen LogP contribution < -0.4 is 0 Å². The zero-order valence-corrected chi connectivity index (χ0v) is 24.7. The molecule has 214 valence electrons. The van der Waals surface area contributed by atoms with Gasteiger partial charge < -0.3 is 4.57 Å². The van der Waals surface area contributed by atoms with E-state index in [2.05, 4.69) is 129 Å². The lowest BCUT2D eigenvalue weighted by molar-refractivity contribution is 1.13. The van der Waals surface area contributed by atoms with E-state index >= 15 is 0 Å². The zero-order valence-electron chi connectivity index (χ0n) is 24.7. The fourth-order valence-electron chi connectivity index (χ4n) is 7.24. The summed E-state index contributed by atoms with van der Waals surface area (Å²) in [7, 11) is 0. The van der Waals surface area contributed by atoms with Crippen molar-refractivity contribution >= 4 is 65.5 Å². The van der Waals surface area contributed by atoms with E-state index < -0.39 is 0 Å². The third kappa shape index (κ3) is 3.54. The second kappa shape index (κ2) is 9.58. The molecule has 5 aromatic carbocycles. The molecule has 10 rings (SSSR count). The first-order chi connectivity index (χ1) is 22.8. The van der Waals surface area contributed by atoms with Crippen LogP contribution in [0.1, 0.15) is 0 Å². The fraction of sp³-hybridized carbons (Fsp3) is 0. The van der Waals surface area contributed by atoms with Crippen LogP contribution in [0, 0.1) is 0 Å². The SMILES string of the molecule is c1ccc(-n2c3ccc(-c4cc5cccnc5c5ncccc45)cc3c3ccc(-n4c5ccccc5c5cccnc54)cc32)cc1. The van der Waals surface area contributed by atoms with E-state index in [0.29, 0.717) is 0 Å². The molecule has 0 unspecified atom stereocenters. The van der Waals surface area contributed by atoms with Gasteiger partial charge in [0.15, 0.2) is 0 Å². The monoisotopic (exact) mass is 587 g/mol. The van der Waals surface area contributed by atoms with Crippen LogP contribution in [-0.4, -0.2) is 24.1 Å². The molecule has 0 radical (unpaired) electrons. The average Bonchev–Trinajstić information content (AvgIpc) is 3.64. The van der Waals surface area contributed by atoms with Gasteiger partial charge in [-0.2, -0.15) is 0 Å². The number of hydrogen-bond donors (Lipinski definition) is 0. The molecule has 0 saturated heterocycles. The summed E-state index contributed by atoms with van der Waals surface area (Å²) >= 11 is 0. The van der Waals surface area contributed by atoms with Crippen LogP contribution in [0.4, 0.5) is 0 Å². The molecular weight excluding hydrogens is 562 g/mol. The molecule has 0 amide bonds. The van der Waals surface area contributed by atoms with Gasteiger partial charge in [0, 0.05) is 62.3 Å². The Balaban J connectivity index is 1.27. The van der Waals surface area contributed by atoms with Crippen LogP contribution in [0.15, 0.2) is 152 Å². The van der Waals surface area contributed by atoms with Crippen molar-refractivity contribution in [2.45, 2.75) is 0 Å². The van der Waals surface area contributed by atoms with Gasteiger partial charge in [-0.05, 0) is 83.9 Å².